The topological polar surface area (TPSA) is 82.1 Å². The molecule has 0 spiro atoms. The van der Waals surface area contributed by atoms with Gasteiger partial charge in [-0.05, 0) is 45.3 Å². The molecule has 1 saturated carbocycles. The Hall–Kier alpha value is -2.12. The van der Waals surface area contributed by atoms with E-state index in [1.165, 1.54) is 0 Å². The van der Waals surface area contributed by atoms with Gasteiger partial charge < -0.3 is 25.0 Å². The highest BCUT2D eigenvalue weighted by molar-refractivity contribution is 5.87. The van der Waals surface area contributed by atoms with Crippen molar-refractivity contribution >= 4 is 12.0 Å². The number of likely N-dealkylation sites (tertiary alicyclic amines) is 1. The van der Waals surface area contributed by atoms with Gasteiger partial charge in [0.2, 0.25) is 5.91 Å². The van der Waals surface area contributed by atoms with Gasteiger partial charge in [-0.3, -0.25) is 4.79 Å². The second-order valence-electron chi connectivity index (χ2n) is 8.02. The summed E-state index contributed by atoms with van der Waals surface area (Å²) in [6, 6.07) is 9.38. The van der Waals surface area contributed by atoms with Crippen LogP contribution in [0.25, 0.3) is 0 Å². The summed E-state index contributed by atoms with van der Waals surface area (Å²) in [6.45, 7) is 0.866. The Kier molecular flexibility index (Phi) is 6.91. The lowest BCUT2D eigenvalue weighted by molar-refractivity contribution is -0.133. The van der Waals surface area contributed by atoms with Crippen LogP contribution in [0.4, 0.5) is 4.79 Å². The van der Waals surface area contributed by atoms with Gasteiger partial charge in [-0.15, -0.1) is 0 Å². The number of ether oxygens (including phenoxy) is 1. The maximum absolute atomic E-state index is 12.9. The van der Waals surface area contributed by atoms with Gasteiger partial charge in [0.25, 0.3) is 0 Å². The Morgan fingerprint density at radius 2 is 2.00 bits per heavy atom. The Morgan fingerprint density at radius 1 is 1.25 bits per heavy atom. The van der Waals surface area contributed by atoms with Crippen molar-refractivity contribution < 1.29 is 19.4 Å². The number of hydrogen-bond acceptors (Lipinski definition) is 5. The van der Waals surface area contributed by atoms with Gasteiger partial charge in [0.15, 0.2) is 0 Å². The second-order valence-corrected chi connectivity index (χ2v) is 8.02. The number of aliphatic hydroxyl groups is 1. The summed E-state index contributed by atoms with van der Waals surface area (Å²) in [5, 5.41) is 12.6. The maximum atomic E-state index is 12.9. The summed E-state index contributed by atoms with van der Waals surface area (Å²) in [6.07, 6.45) is 2.78. The van der Waals surface area contributed by atoms with Crippen molar-refractivity contribution in [2.45, 2.75) is 50.4 Å². The quantitative estimate of drug-likeness (QED) is 0.772. The highest BCUT2D eigenvalue weighted by Gasteiger charge is 2.42. The normalized spacial score (nSPS) is 27.9. The van der Waals surface area contributed by atoms with Crippen LogP contribution in [0.1, 0.15) is 31.2 Å². The van der Waals surface area contributed by atoms with E-state index in [4.69, 9.17) is 4.74 Å². The number of amides is 2. The molecule has 1 saturated heterocycles. The van der Waals surface area contributed by atoms with E-state index in [0.29, 0.717) is 19.0 Å². The van der Waals surface area contributed by atoms with Crippen molar-refractivity contribution in [2.75, 3.05) is 27.2 Å². The van der Waals surface area contributed by atoms with Crippen LogP contribution >= 0.6 is 0 Å². The van der Waals surface area contributed by atoms with Crippen LogP contribution in [0.5, 0.6) is 0 Å². The first kappa shape index (κ1) is 20.6. The number of carbonyl (C=O) groups is 2. The molecule has 2 N–H and O–H groups in total. The number of carbonyl (C=O) groups excluding carboxylic acids is 2. The molecule has 2 fully saturated rings. The van der Waals surface area contributed by atoms with E-state index < -0.39 is 12.1 Å². The summed E-state index contributed by atoms with van der Waals surface area (Å²) in [4.78, 5) is 29.0. The third kappa shape index (κ3) is 4.83. The molecule has 0 aromatic heterocycles. The van der Waals surface area contributed by atoms with Crippen LogP contribution < -0.4 is 5.32 Å². The SMILES string of the molecule is CN(C)[C@@H]1CC[C@H](N2CC[C@H](NC(=O)OCc3ccccc3)C2=O)[C@H](CO)C1. The molecule has 154 valence electrons. The van der Waals surface area contributed by atoms with Gasteiger partial charge in [-0.25, -0.2) is 4.79 Å². The van der Waals surface area contributed by atoms with Crippen LogP contribution in [-0.4, -0.2) is 72.3 Å². The molecular formula is C21H31N3O4. The lowest BCUT2D eigenvalue weighted by Crippen LogP contribution is -2.51. The smallest absolute Gasteiger partial charge is 0.408 e. The number of alkyl carbamates (subject to hydrolysis) is 1. The Balaban J connectivity index is 1.52. The third-order valence-corrected chi connectivity index (χ3v) is 6.02. The zero-order valence-corrected chi connectivity index (χ0v) is 16.7. The molecule has 0 radical (unpaired) electrons. The zero-order chi connectivity index (χ0) is 20.1. The summed E-state index contributed by atoms with van der Waals surface area (Å²) in [5.74, 6) is 0.0114. The van der Waals surface area contributed by atoms with Crippen LogP contribution in [0, 0.1) is 5.92 Å². The van der Waals surface area contributed by atoms with Gasteiger partial charge in [0.05, 0.1) is 0 Å². The molecule has 1 aliphatic carbocycles. The van der Waals surface area contributed by atoms with Crippen molar-refractivity contribution in [1.82, 2.24) is 15.1 Å². The van der Waals surface area contributed by atoms with Crippen molar-refractivity contribution in [3.8, 4) is 0 Å². The highest BCUT2D eigenvalue weighted by Crippen LogP contribution is 2.32. The molecule has 1 aromatic rings. The minimum Gasteiger partial charge on any atom is -0.445 e. The Morgan fingerprint density at radius 3 is 2.68 bits per heavy atom. The largest absolute Gasteiger partial charge is 0.445 e. The number of rotatable bonds is 6. The number of aliphatic hydroxyl groups excluding tert-OH is 1. The maximum Gasteiger partial charge on any atom is 0.408 e. The fourth-order valence-corrected chi connectivity index (χ4v) is 4.37. The van der Waals surface area contributed by atoms with Crippen LogP contribution in [0.15, 0.2) is 30.3 Å². The van der Waals surface area contributed by atoms with Gasteiger partial charge in [0.1, 0.15) is 12.6 Å². The lowest BCUT2D eigenvalue weighted by Gasteiger charge is -2.42. The van der Waals surface area contributed by atoms with Crippen LogP contribution in [0.3, 0.4) is 0 Å². The van der Waals surface area contributed by atoms with E-state index in [1.807, 2.05) is 35.2 Å². The third-order valence-electron chi connectivity index (χ3n) is 6.02. The van der Waals surface area contributed by atoms with Gasteiger partial charge in [-0.1, -0.05) is 30.3 Å². The Bertz CT molecular complexity index is 667. The van der Waals surface area contributed by atoms with Crippen molar-refractivity contribution in [2.24, 2.45) is 5.92 Å². The molecule has 1 aromatic carbocycles. The monoisotopic (exact) mass is 389 g/mol. The molecule has 1 heterocycles. The summed E-state index contributed by atoms with van der Waals surface area (Å²) < 4.78 is 5.24. The van der Waals surface area contributed by atoms with E-state index in [-0.39, 0.29) is 31.1 Å². The first-order valence-electron chi connectivity index (χ1n) is 10.0. The molecule has 0 unspecified atom stereocenters. The molecule has 7 heteroatoms. The number of hydrogen-bond donors (Lipinski definition) is 2. The molecule has 1 aliphatic heterocycles. The predicted molar refractivity (Wildman–Crippen MR) is 106 cm³/mol. The van der Waals surface area contributed by atoms with E-state index in [1.54, 1.807) is 0 Å². The molecule has 28 heavy (non-hydrogen) atoms. The van der Waals surface area contributed by atoms with Crippen molar-refractivity contribution in [1.29, 1.82) is 0 Å². The second kappa shape index (κ2) is 9.39. The van der Waals surface area contributed by atoms with Crippen LogP contribution in [0.2, 0.25) is 0 Å². The number of nitrogens with one attached hydrogen (secondary N) is 1. The van der Waals surface area contributed by atoms with E-state index in [0.717, 1.165) is 24.8 Å². The standard InChI is InChI=1S/C21H31N3O4/c1-23(2)17-8-9-19(16(12-17)13-25)24-11-10-18(20(24)26)22-21(27)28-14-15-6-4-3-5-7-15/h3-7,16-19,25H,8-14H2,1-2H3,(H,22,27)/t16-,17+,18-,19-/m0/s1. The summed E-state index contributed by atoms with van der Waals surface area (Å²) in [7, 11) is 4.11. The summed E-state index contributed by atoms with van der Waals surface area (Å²) in [5.41, 5.74) is 0.903. The first-order valence-corrected chi connectivity index (χ1v) is 10.0. The van der Waals surface area contributed by atoms with Crippen molar-refractivity contribution in [3.05, 3.63) is 35.9 Å². The lowest BCUT2D eigenvalue weighted by atomic mass is 9.80. The fourth-order valence-electron chi connectivity index (χ4n) is 4.37. The van der Waals surface area contributed by atoms with Gasteiger partial charge in [-0.2, -0.15) is 0 Å². The number of benzene rings is 1. The fraction of sp³-hybridized carbons (Fsp3) is 0.619. The van der Waals surface area contributed by atoms with E-state index >= 15 is 0 Å². The average Bonchev–Trinajstić information content (AvgIpc) is 3.06. The Labute approximate surface area is 166 Å². The van der Waals surface area contributed by atoms with Gasteiger partial charge >= 0.3 is 6.09 Å². The van der Waals surface area contributed by atoms with E-state index in [2.05, 4.69) is 24.3 Å². The minimum atomic E-state index is -0.570. The summed E-state index contributed by atoms with van der Waals surface area (Å²) >= 11 is 0. The predicted octanol–water partition coefficient (Wildman–Crippen LogP) is 1.60. The zero-order valence-electron chi connectivity index (χ0n) is 16.7. The molecule has 2 aliphatic rings. The molecule has 7 nitrogen and oxygen atoms in total. The minimum absolute atomic E-state index is 0.0424. The molecule has 2 amide bonds. The molecule has 0 bridgehead atoms. The van der Waals surface area contributed by atoms with E-state index in [9.17, 15) is 14.7 Å². The van der Waals surface area contributed by atoms with Crippen molar-refractivity contribution in [3.63, 3.8) is 0 Å². The average molecular weight is 389 g/mol. The van der Waals surface area contributed by atoms with Crippen LogP contribution in [-0.2, 0) is 16.1 Å². The molecular weight excluding hydrogens is 358 g/mol. The highest BCUT2D eigenvalue weighted by atomic mass is 16.5. The molecule has 4 atom stereocenters. The van der Waals surface area contributed by atoms with Gasteiger partial charge in [0, 0.05) is 31.2 Å². The number of nitrogens with zero attached hydrogens (tertiary/aromatic N) is 2. The first-order chi connectivity index (χ1) is 13.5. The molecule has 3 rings (SSSR count).